The Morgan fingerprint density at radius 3 is 2.60 bits per heavy atom. The molecule has 1 aliphatic carbocycles. The van der Waals surface area contributed by atoms with Crippen molar-refractivity contribution in [3.05, 3.63) is 52.4 Å². The molecule has 1 amide bonds. The Kier molecular flexibility index (Phi) is 4.80. The fourth-order valence-corrected chi connectivity index (χ4v) is 4.29. The van der Waals surface area contributed by atoms with Gasteiger partial charge in [0.1, 0.15) is 0 Å². The van der Waals surface area contributed by atoms with Crippen LogP contribution in [0.2, 0.25) is 5.02 Å². The summed E-state index contributed by atoms with van der Waals surface area (Å²) in [4.78, 5) is 14.9. The van der Waals surface area contributed by atoms with E-state index in [2.05, 4.69) is 5.16 Å². The second-order valence-corrected chi connectivity index (χ2v) is 7.60. The van der Waals surface area contributed by atoms with Crippen molar-refractivity contribution in [3.63, 3.8) is 0 Å². The molecule has 1 atom stereocenters. The fraction of sp³-hybridized carbons (Fsp3) is 0.500. The average molecular weight is 359 g/mol. The number of hydrogen-bond donors (Lipinski definition) is 0. The Balaban J connectivity index is 1.51. The molecule has 2 aliphatic rings. The number of carbonyl (C=O) groups is 1. The standard InChI is InChI=1S/C20H23ClN2O2/c21-16-10-8-15(9-11-16)18-7-4-12-23(18)20(24)19-13-17(22-25-19)14-5-2-1-3-6-14/h8-11,13-14,18H,1-7,12H2/t18-/m0/s1. The third kappa shape index (κ3) is 3.45. The van der Waals surface area contributed by atoms with Gasteiger partial charge < -0.3 is 9.42 Å². The van der Waals surface area contributed by atoms with E-state index in [1.165, 1.54) is 19.3 Å². The lowest BCUT2D eigenvalue weighted by molar-refractivity contribution is 0.0693. The van der Waals surface area contributed by atoms with Gasteiger partial charge in [0.05, 0.1) is 11.7 Å². The number of likely N-dealkylation sites (tertiary alicyclic amines) is 1. The van der Waals surface area contributed by atoms with Crippen LogP contribution in [0.5, 0.6) is 0 Å². The maximum atomic E-state index is 13.0. The van der Waals surface area contributed by atoms with E-state index in [-0.39, 0.29) is 11.9 Å². The zero-order valence-corrected chi connectivity index (χ0v) is 15.0. The van der Waals surface area contributed by atoms with E-state index in [9.17, 15) is 4.79 Å². The number of halogens is 1. The molecule has 1 aliphatic heterocycles. The molecule has 1 aromatic heterocycles. The van der Waals surface area contributed by atoms with Crippen LogP contribution >= 0.6 is 11.6 Å². The molecule has 1 saturated heterocycles. The van der Waals surface area contributed by atoms with Gasteiger partial charge in [-0.05, 0) is 43.4 Å². The van der Waals surface area contributed by atoms with Gasteiger partial charge in [-0.3, -0.25) is 4.79 Å². The van der Waals surface area contributed by atoms with E-state index in [4.69, 9.17) is 16.1 Å². The zero-order valence-electron chi connectivity index (χ0n) is 14.3. The van der Waals surface area contributed by atoms with Crippen LogP contribution in [-0.2, 0) is 0 Å². The molecule has 1 saturated carbocycles. The third-order valence-corrected chi connectivity index (χ3v) is 5.78. The molecule has 132 valence electrons. The Morgan fingerprint density at radius 1 is 1.08 bits per heavy atom. The topological polar surface area (TPSA) is 46.3 Å². The van der Waals surface area contributed by atoms with Gasteiger partial charge in [-0.15, -0.1) is 0 Å². The summed E-state index contributed by atoms with van der Waals surface area (Å²) in [5.74, 6) is 0.776. The highest BCUT2D eigenvalue weighted by atomic mass is 35.5. The Morgan fingerprint density at radius 2 is 1.84 bits per heavy atom. The number of benzene rings is 1. The molecule has 5 heteroatoms. The first-order valence-corrected chi connectivity index (χ1v) is 9.63. The lowest BCUT2D eigenvalue weighted by Crippen LogP contribution is -2.30. The summed E-state index contributed by atoms with van der Waals surface area (Å²) in [5.41, 5.74) is 2.08. The summed E-state index contributed by atoms with van der Waals surface area (Å²) in [6.07, 6.45) is 8.06. The smallest absolute Gasteiger partial charge is 0.292 e. The van der Waals surface area contributed by atoms with Crippen LogP contribution in [0.25, 0.3) is 0 Å². The highest BCUT2D eigenvalue weighted by Gasteiger charge is 2.33. The number of amides is 1. The predicted molar refractivity (Wildman–Crippen MR) is 96.8 cm³/mol. The third-order valence-electron chi connectivity index (χ3n) is 5.53. The maximum absolute atomic E-state index is 13.0. The molecule has 0 bridgehead atoms. The van der Waals surface area contributed by atoms with Crippen molar-refractivity contribution in [3.8, 4) is 0 Å². The van der Waals surface area contributed by atoms with Gasteiger partial charge in [-0.1, -0.05) is 48.2 Å². The molecular weight excluding hydrogens is 336 g/mol. The average Bonchev–Trinajstić information content (AvgIpc) is 3.32. The Labute approximate surface area is 153 Å². The van der Waals surface area contributed by atoms with Crippen LogP contribution in [0, 0.1) is 0 Å². The van der Waals surface area contributed by atoms with Gasteiger partial charge in [0.2, 0.25) is 5.76 Å². The Hall–Kier alpha value is -1.81. The van der Waals surface area contributed by atoms with Crippen LogP contribution in [-0.4, -0.2) is 22.5 Å². The van der Waals surface area contributed by atoms with Crippen molar-refractivity contribution in [1.82, 2.24) is 10.1 Å². The van der Waals surface area contributed by atoms with Gasteiger partial charge in [0.25, 0.3) is 5.91 Å². The lowest BCUT2D eigenvalue weighted by Gasteiger charge is -2.24. The Bertz CT molecular complexity index is 734. The second kappa shape index (κ2) is 7.20. The van der Waals surface area contributed by atoms with E-state index in [1.807, 2.05) is 35.2 Å². The van der Waals surface area contributed by atoms with Gasteiger partial charge in [0.15, 0.2) is 0 Å². The van der Waals surface area contributed by atoms with E-state index in [0.717, 1.165) is 43.5 Å². The van der Waals surface area contributed by atoms with Gasteiger partial charge in [-0.25, -0.2) is 0 Å². The number of carbonyl (C=O) groups excluding carboxylic acids is 1. The normalized spacial score (nSPS) is 21.6. The summed E-state index contributed by atoms with van der Waals surface area (Å²) in [5, 5.41) is 4.92. The minimum absolute atomic E-state index is 0.0491. The van der Waals surface area contributed by atoms with Crippen LogP contribution in [0.3, 0.4) is 0 Å². The van der Waals surface area contributed by atoms with Crippen LogP contribution in [0.1, 0.15) is 78.7 Å². The molecule has 4 rings (SSSR count). The van der Waals surface area contributed by atoms with Gasteiger partial charge in [0, 0.05) is 23.6 Å². The van der Waals surface area contributed by atoms with Crippen LogP contribution < -0.4 is 0 Å². The maximum Gasteiger partial charge on any atom is 0.292 e. The van der Waals surface area contributed by atoms with Crippen LogP contribution in [0.15, 0.2) is 34.9 Å². The first-order valence-electron chi connectivity index (χ1n) is 9.25. The molecule has 1 aromatic carbocycles. The molecule has 0 N–H and O–H groups in total. The van der Waals surface area contributed by atoms with E-state index in [0.29, 0.717) is 16.7 Å². The van der Waals surface area contributed by atoms with E-state index < -0.39 is 0 Å². The molecule has 0 unspecified atom stereocenters. The first kappa shape index (κ1) is 16.6. The molecule has 4 nitrogen and oxygen atoms in total. The summed E-state index contributed by atoms with van der Waals surface area (Å²) < 4.78 is 5.43. The van der Waals surface area contributed by atoms with E-state index in [1.54, 1.807) is 0 Å². The monoisotopic (exact) mass is 358 g/mol. The lowest BCUT2D eigenvalue weighted by atomic mass is 9.87. The molecular formula is C20H23ClN2O2. The SMILES string of the molecule is O=C(c1cc(C2CCCCC2)no1)N1CCC[C@H]1c1ccc(Cl)cc1. The summed E-state index contributed by atoms with van der Waals surface area (Å²) >= 11 is 5.99. The van der Waals surface area contributed by atoms with Crippen molar-refractivity contribution in [2.24, 2.45) is 0 Å². The van der Waals surface area contributed by atoms with Crippen molar-refractivity contribution >= 4 is 17.5 Å². The minimum atomic E-state index is -0.0491. The molecule has 0 spiro atoms. The molecule has 25 heavy (non-hydrogen) atoms. The highest BCUT2D eigenvalue weighted by Crippen LogP contribution is 2.35. The summed E-state index contributed by atoms with van der Waals surface area (Å²) in [6, 6.07) is 9.74. The van der Waals surface area contributed by atoms with Crippen molar-refractivity contribution < 1.29 is 9.32 Å². The fourth-order valence-electron chi connectivity index (χ4n) is 4.16. The van der Waals surface area contributed by atoms with Gasteiger partial charge in [-0.2, -0.15) is 0 Å². The number of hydrogen-bond acceptors (Lipinski definition) is 3. The predicted octanol–water partition coefficient (Wildman–Crippen LogP) is 5.35. The largest absolute Gasteiger partial charge is 0.351 e. The molecule has 2 aromatic rings. The molecule has 0 radical (unpaired) electrons. The zero-order chi connectivity index (χ0) is 17.2. The minimum Gasteiger partial charge on any atom is -0.351 e. The number of aromatic nitrogens is 1. The van der Waals surface area contributed by atoms with Crippen molar-refractivity contribution in [2.75, 3.05) is 6.54 Å². The van der Waals surface area contributed by atoms with Crippen LogP contribution in [0.4, 0.5) is 0 Å². The van der Waals surface area contributed by atoms with Crippen molar-refractivity contribution in [1.29, 1.82) is 0 Å². The summed E-state index contributed by atoms with van der Waals surface area (Å²) in [7, 11) is 0. The highest BCUT2D eigenvalue weighted by molar-refractivity contribution is 6.30. The number of rotatable bonds is 3. The molecule has 2 heterocycles. The first-order chi connectivity index (χ1) is 12.2. The summed E-state index contributed by atoms with van der Waals surface area (Å²) in [6.45, 7) is 0.756. The second-order valence-electron chi connectivity index (χ2n) is 7.16. The van der Waals surface area contributed by atoms with E-state index >= 15 is 0 Å². The van der Waals surface area contributed by atoms with Gasteiger partial charge >= 0.3 is 0 Å². The molecule has 2 fully saturated rings. The quantitative estimate of drug-likeness (QED) is 0.742. The van der Waals surface area contributed by atoms with Crippen molar-refractivity contribution in [2.45, 2.75) is 56.9 Å². The number of nitrogens with zero attached hydrogens (tertiary/aromatic N) is 2.